The van der Waals surface area contributed by atoms with Crippen molar-refractivity contribution >= 4 is 16.9 Å². The first-order valence-electron chi connectivity index (χ1n) is 10.00. The minimum atomic E-state index is 0.0307. The van der Waals surface area contributed by atoms with Crippen molar-refractivity contribution in [3.8, 4) is 0 Å². The molecule has 2 aromatic rings. The van der Waals surface area contributed by atoms with Crippen molar-refractivity contribution in [2.45, 2.75) is 32.7 Å². The van der Waals surface area contributed by atoms with Gasteiger partial charge < -0.3 is 20.4 Å². The predicted molar refractivity (Wildman–Crippen MR) is 112 cm³/mol. The van der Waals surface area contributed by atoms with Crippen LogP contribution < -0.4 is 10.6 Å². The Morgan fingerprint density at radius 3 is 2.78 bits per heavy atom. The first kappa shape index (κ1) is 19.7. The topological polar surface area (TPSA) is 64.7 Å². The molecular weight excluding hydrogens is 338 g/mol. The molecule has 3 rings (SSSR count). The smallest absolute Gasteiger partial charge is 0.191 e. The summed E-state index contributed by atoms with van der Waals surface area (Å²) >= 11 is 0. The Morgan fingerprint density at radius 2 is 2.00 bits per heavy atom. The van der Waals surface area contributed by atoms with Gasteiger partial charge in [0.2, 0.25) is 0 Å². The number of hydrogen-bond donors (Lipinski definition) is 3. The van der Waals surface area contributed by atoms with Gasteiger partial charge in [0, 0.05) is 48.8 Å². The Morgan fingerprint density at radius 1 is 1.22 bits per heavy atom. The highest BCUT2D eigenvalue weighted by Gasteiger charge is 2.28. The quantitative estimate of drug-likeness (QED) is 0.516. The maximum absolute atomic E-state index is 5.47. The number of nitrogens with one attached hydrogen (secondary N) is 3. The molecule has 3 N–H and O–H groups in total. The van der Waals surface area contributed by atoms with Crippen LogP contribution in [-0.4, -0.2) is 67.3 Å². The van der Waals surface area contributed by atoms with Crippen LogP contribution in [0.4, 0.5) is 0 Å². The molecule has 6 heteroatoms. The van der Waals surface area contributed by atoms with Gasteiger partial charge in [0.1, 0.15) is 0 Å². The molecule has 2 heterocycles. The third-order valence-electron chi connectivity index (χ3n) is 5.20. The minimum Gasteiger partial charge on any atom is -0.379 e. The Hall–Kier alpha value is -2.05. The summed E-state index contributed by atoms with van der Waals surface area (Å²) in [6, 6.07) is 8.44. The molecule has 0 saturated carbocycles. The molecular formula is C21H33N5O. The summed E-state index contributed by atoms with van der Waals surface area (Å²) in [6.45, 7) is 12.7. The number of rotatable bonds is 7. The Labute approximate surface area is 162 Å². The lowest BCUT2D eigenvalue weighted by atomic mass is 10.0. The number of aliphatic imine (C=N–C) groups is 1. The van der Waals surface area contributed by atoms with Gasteiger partial charge in [-0.3, -0.25) is 9.89 Å². The molecule has 0 spiro atoms. The highest BCUT2D eigenvalue weighted by molar-refractivity contribution is 5.83. The minimum absolute atomic E-state index is 0.0307. The number of guanidine groups is 1. The second-order valence-electron chi connectivity index (χ2n) is 7.64. The number of benzene rings is 1. The van der Waals surface area contributed by atoms with E-state index in [4.69, 9.17) is 9.73 Å². The number of aromatic nitrogens is 1. The molecule has 27 heavy (non-hydrogen) atoms. The predicted octanol–water partition coefficient (Wildman–Crippen LogP) is 2.38. The second kappa shape index (κ2) is 9.24. The zero-order chi connectivity index (χ0) is 19.1. The van der Waals surface area contributed by atoms with Gasteiger partial charge in [-0.1, -0.05) is 18.2 Å². The molecule has 1 aliphatic heterocycles. The zero-order valence-corrected chi connectivity index (χ0v) is 16.8. The first-order valence-corrected chi connectivity index (χ1v) is 10.00. The third-order valence-corrected chi connectivity index (χ3v) is 5.20. The van der Waals surface area contributed by atoms with Gasteiger partial charge in [-0.15, -0.1) is 0 Å². The summed E-state index contributed by atoms with van der Waals surface area (Å²) in [5.41, 5.74) is 2.56. The molecule has 1 saturated heterocycles. The van der Waals surface area contributed by atoms with Crippen LogP contribution in [0.3, 0.4) is 0 Å². The standard InChI is InChI=1S/C21H33N5O/c1-4-22-20(25-16-21(2,3)26-11-13-27-14-12-26)23-10-9-17-15-24-19-8-6-5-7-18(17)19/h5-8,15,24H,4,9-14,16H2,1-3H3,(H2,22,23,25). The van der Waals surface area contributed by atoms with E-state index in [9.17, 15) is 0 Å². The maximum atomic E-state index is 5.47. The number of H-pyrrole nitrogens is 1. The lowest BCUT2D eigenvalue weighted by Gasteiger charge is -2.39. The van der Waals surface area contributed by atoms with Crippen molar-refractivity contribution in [3.63, 3.8) is 0 Å². The van der Waals surface area contributed by atoms with Gasteiger partial charge in [0.25, 0.3) is 0 Å². The number of morpholine rings is 1. The molecule has 0 aliphatic carbocycles. The fourth-order valence-corrected chi connectivity index (χ4v) is 3.54. The maximum Gasteiger partial charge on any atom is 0.191 e. The molecule has 1 aromatic carbocycles. The average molecular weight is 372 g/mol. The van der Waals surface area contributed by atoms with Crippen molar-refractivity contribution in [1.29, 1.82) is 0 Å². The van der Waals surface area contributed by atoms with Gasteiger partial charge in [0.05, 0.1) is 19.8 Å². The van der Waals surface area contributed by atoms with Gasteiger partial charge in [-0.05, 0) is 38.8 Å². The van der Waals surface area contributed by atoms with Crippen LogP contribution >= 0.6 is 0 Å². The van der Waals surface area contributed by atoms with Crippen LogP contribution in [-0.2, 0) is 11.2 Å². The number of ether oxygens (including phenoxy) is 1. The summed E-state index contributed by atoms with van der Waals surface area (Å²) < 4.78 is 5.47. The molecule has 0 atom stereocenters. The summed E-state index contributed by atoms with van der Waals surface area (Å²) in [7, 11) is 0. The number of hydrogen-bond acceptors (Lipinski definition) is 3. The van der Waals surface area contributed by atoms with Gasteiger partial charge in [-0.2, -0.15) is 0 Å². The van der Waals surface area contributed by atoms with Crippen LogP contribution in [0.25, 0.3) is 10.9 Å². The molecule has 0 unspecified atom stereocenters. The summed E-state index contributed by atoms with van der Waals surface area (Å²) in [6.07, 6.45) is 3.07. The molecule has 148 valence electrons. The van der Waals surface area contributed by atoms with E-state index in [1.54, 1.807) is 0 Å². The van der Waals surface area contributed by atoms with Gasteiger partial charge >= 0.3 is 0 Å². The van der Waals surface area contributed by atoms with E-state index in [1.807, 2.05) is 0 Å². The lowest BCUT2D eigenvalue weighted by molar-refractivity contribution is -0.00683. The number of fused-ring (bicyclic) bond motifs is 1. The fraction of sp³-hybridized carbons (Fsp3) is 0.571. The van der Waals surface area contributed by atoms with E-state index < -0.39 is 0 Å². The number of para-hydroxylation sites is 1. The van der Waals surface area contributed by atoms with E-state index in [2.05, 4.69) is 71.8 Å². The fourth-order valence-electron chi connectivity index (χ4n) is 3.54. The molecule has 1 aromatic heterocycles. The summed E-state index contributed by atoms with van der Waals surface area (Å²) in [5.74, 6) is 0.888. The van der Waals surface area contributed by atoms with E-state index in [1.165, 1.54) is 16.5 Å². The second-order valence-corrected chi connectivity index (χ2v) is 7.64. The Kier molecular flexibility index (Phi) is 6.74. The largest absolute Gasteiger partial charge is 0.379 e. The molecule has 0 radical (unpaired) electrons. The SMILES string of the molecule is CCNC(=NCC(C)(C)N1CCOCC1)NCCc1c[nH]c2ccccc12. The molecule has 1 aliphatic rings. The van der Waals surface area contributed by atoms with E-state index in [0.717, 1.165) is 58.3 Å². The number of aromatic amines is 1. The highest BCUT2D eigenvalue weighted by atomic mass is 16.5. The molecule has 0 bridgehead atoms. The van der Waals surface area contributed by atoms with Crippen LogP contribution in [0.5, 0.6) is 0 Å². The van der Waals surface area contributed by atoms with Crippen molar-refractivity contribution < 1.29 is 4.74 Å². The van der Waals surface area contributed by atoms with Crippen LogP contribution in [0.1, 0.15) is 26.3 Å². The molecule has 6 nitrogen and oxygen atoms in total. The van der Waals surface area contributed by atoms with Gasteiger partial charge in [0.15, 0.2) is 5.96 Å². The lowest BCUT2D eigenvalue weighted by Crippen LogP contribution is -2.52. The Bertz CT molecular complexity index is 746. The summed E-state index contributed by atoms with van der Waals surface area (Å²) in [4.78, 5) is 10.7. The molecule has 0 amide bonds. The Balaban J connectivity index is 1.55. The number of nitrogens with zero attached hydrogens (tertiary/aromatic N) is 2. The van der Waals surface area contributed by atoms with Crippen LogP contribution in [0, 0.1) is 0 Å². The van der Waals surface area contributed by atoms with Crippen molar-refractivity contribution in [1.82, 2.24) is 20.5 Å². The van der Waals surface area contributed by atoms with E-state index >= 15 is 0 Å². The first-order chi connectivity index (χ1) is 13.1. The summed E-state index contributed by atoms with van der Waals surface area (Å²) in [5, 5.41) is 8.14. The zero-order valence-electron chi connectivity index (χ0n) is 16.8. The monoisotopic (exact) mass is 371 g/mol. The normalized spacial score (nSPS) is 16.6. The van der Waals surface area contributed by atoms with Crippen LogP contribution in [0.2, 0.25) is 0 Å². The third kappa shape index (κ3) is 5.23. The van der Waals surface area contributed by atoms with E-state index in [0.29, 0.717) is 0 Å². The van der Waals surface area contributed by atoms with Crippen molar-refractivity contribution in [2.75, 3.05) is 45.9 Å². The van der Waals surface area contributed by atoms with Gasteiger partial charge in [-0.25, -0.2) is 0 Å². The highest BCUT2D eigenvalue weighted by Crippen LogP contribution is 2.18. The van der Waals surface area contributed by atoms with Crippen LogP contribution in [0.15, 0.2) is 35.5 Å². The van der Waals surface area contributed by atoms with Crippen molar-refractivity contribution in [2.24, 2.45) is 4.99 Å². The average Bonchev–Trinajstić information content (AvgIpc) is 3.10. The molecule has 1 fully saturated rings. The van der Waals surface area contributed by atoms with Crippen molar-refractivity contribution in [3.05, 3.63) is 36.0 Å². The van der Waals surface area contributed by atoms with E-state index in [-0.39, 0.29) is 5.54 Å².